The molecule has 2 rings (SSSR count). The number of aliphatic hydroxyl groups excluding tert-OH is 1. The summed E-state index contributed by atoms with van der Waals surface area (Å²) in [6, 6.07) is 11.7. The second kappa shape index (κ2) is 8.43. The van der Waals surface area contributed by atoms with Gasteiger partial charge in [0.1, 0.15) is 0 Å². The van der Waals surface area contributed by atoms with Gasteiger partial charge in [-0.3, -0.25) is 4.79 Å². The minimum absolute atomic E-state index is 0.0269. The van der Waals surface area contributed by atoms with Gasteiger partial charge in [0.2, 0.25) is 0 Å². The van der Waals surface area contributed by atoms with Crippen LogP contribution in [0.15, 0.2) is 51.9 Å². The number of rotatable bonds is 7. The first kappa shape index (κ1) is 17.9. The van der Waals surface area contributed by atoms with Gasteiger partial charge < -0.3 is 15.0 Å². The lowest BCUT2D eigenvalue weighted by Crippen LogP contribution is -2.43. The highest BCUT2D eigenvalue weighted by atomic mass is 79.9. The number of nitrogens with zero attached hydrogens (tertiary/aromatic N) is 1. The molecule has 0 saturated heterocycles. The number of hydrogen-bond acceptors (Lipinski definition) is 3. The molecule has 2 N–H and O–H groups in total. The topological polar surface area (TPSA) is 54.3 Å². The van der Waals surface area contributed by atoms with E-state index in [2.05, 4.69) is 52.4 Å². The van der Waals surface area contributed by atoms with E-state index in [0.717, 1.165) is 10.9 Å². The molecule has 0 spiro atoms. The lowest BCUT2D eigenvalue weighted by atomic mass is 10.0. The van der Waals surface area contributed by atoms with Crippen molar-refractivity contribution in [3.63, 3.8) is 0 Å². The zero-order valence-electron chi connectivity index (χ0n) is 13.5. The summed E-state index contributed by atoms with van der Waals surface area (Å²) < 4.78 is 2.55. The summed E-state index contributed by atoms with van der Waals surface area (Å²) in [5.74, 6) is 0. The Morgan fingerprint density at radius 2 is 1.91 bits per heavy atom. The molecule has 5 heteroatoms. The van der Waals surface area contributed by atoms with Crippen molar-refractivity contribution in [3.05, 3.63) is 68.5 Å². The first-order chi connectivity index (χ1) is 11.0. The van der Waals surface area contributed by atoms with Gasteiger partial charge in [-0.25, -0.2) is 0 Å². The third kappa shape index (κ3) is 5.61. The summed E-state index contributed by atoms with van der Waals surface area (Å²) in [6.07, 6.45) is 2.54. The van der Waals surface area contributed by atoms with E-state index in [1.54, 1.807) is 22.9 Å². The van der Waals surface area contributed by atoms with Crippen LogP contribution in [0.4, 0.5) is 0 Å². The van der Waals surface area contributed by atoms with Crippen LogP contribution in [0.3, 0.4) is 0 Å². The SMILES string of the molecule is Cc1ccc(CC(CO)NC(C)Cn2cc(Br)ccc2=O)cc1. The molecule has 1 heterocycles. The van der Waals surface area contributed by atoms with Crippen molar-refractivity contribution < 1.29 is 5.11 Å². The van der Waals surface area contributed by atoms with Crippen molar-refractivity contribution in [2.45, 2.75) is 38.9 Å². The van der Waals surface area contributed by atoms with Gasteiger partial charge in [0.05, 0.1) is 6.61 Å². The number of hydrogen-bond donors (Lipinski definition) is 2. The molecule has 0 aliphatic rings. The van der Waals surface area contributed by atoms with E-state index in [-0.39, 0.29) is 24.2 Å². The Morgan fingerprint density at radius 3 is 2.57 bits per heavy atom. The quantitative estimate of drug-likeness (QED) is 0.777. The summed E-state index contributed by atoms with van der Waals surface area (Å²) in [4.78, 5) is 11.9. The molecule has 0 aliphatic carbocycles. The molecule has 0 bridgehead atoms. The van der Waals surface area contributed by atoms with E-state index >= 15 is 0 Å². The third-order valence-corrected chi connectivity index (χ3v) is 4.23. The van der Waals surface area contributed by atoms with Crippen LogP contribution in [-0.2, 0) is 13.0 Å². The summed E-state index contributed by atoms with van der Waals surface area (Å²) >= 11 is 3.38. The van der Waals surface area contributed by atoms with E-state index in [1.807, 2.05) is 6.92 Å². The van der Waals surface area contributed by atoms with Gasteiger partial charge in [-0.1, -0.05) is 29.8 Å². The van der Waals surface area contributed by atoms with Crippen LogP contribution in [-0.4, -0.2) is 28.4 Å². The molecule has 124 valence electrons. The van der Waals surface area contributed by atoms with Crippen LogP contribution in [0, 0.1) is 6.92 Å². The van der Waals surface area contributed by atoms with Gasteiger partial charge in [0, 0.05) is 35.4 Å². The Bertz CT molecular complexity index is 682. The summed E-state index contributed by atoms with van der Waals surface area (Å²) in [6.45, 7) is 4.70. The average Bonchev–Trinajstić information content (AvgIpc) is 2.52. The molecule has 4 nitrogen and oxygen atoms in total. The fraction of sp³-hybridized carbons (Fsp3) is 0.389. The van der Waals surface area contributed by atoms with Gasteiger partial charge >= 0.3 is 0 Å². The Morgan fingerprint density at radius 1 is 1.22 bits per heavy atom. The molecule has 2 aromatic rings. The largest absolute Gasteiger partial charge is 0.395 e. The number of halogens is 1. The molecule has 1 aromatic carbocycles. The van der Waals surface area contributed by atoms with Crippen LogP contribution < -0.4 is 10.9 Å². The molecule has 1 aromatic heterocycles. The second-order valence-electron chi connectivity index (χ2n) is 5.97. The Balaban J connectivity index is 1.96. The van der Waals surface area contributed by atoms with Crippen LogP contribution in [0.2, 0.25) is 0 Å². The monoisotopic (exact) mass is 378 g/mol. The maximum Gasteiger partial charge on any atom is 0.250 e. The Labute approximate surface area is 145 Å². The molecular formula is C18H23BrN2O2. The summed E-state index contributed by atoms with van der Waals surface area (Å²) in [7, 11) is 0. The maximum absolute atomic E-state index is 11.9. The minimum Gasteiger partial charge on any atom is -0.395 e. The van der Waals surface area contributed by atoms with Crippen molar-refractivity contribution in [2.24, 2.45) is 0 Å². The second-order valence-corrected chi connectivity index (χ2v) is 6.89. The van der Waals surface area contributed by atoms with Crippen LogP contribution in [0.5, 0.6) is 0 Å². The first-order valence-electron chi connectivity index (χ1n) is 7.76. The van der Waals surface area contributed by atoms with Gasteiger partial charge in [0.25, 0.3) is 5.56 Å². The fourth-order valence-corrected chi connectivity index (χ4v) is 2.96. The number of aliphatic hydroxyl groups is 1. The highest BCUT2D eigenvalue weighted by molar-refractivity contribution is 9.10. The van der Waals surface area contributed by atoms with E-state index < -0.39 is 0 Å². The lowest BCUT2D eigenvalue weighted by Gasteiger charge is -2.22. The van der Waals surface area contributed by atoms with Gasteiger partial charge in [-0.05, 0) is 47.8 Å². The van der Waals surface area contributed by atoms with Crippen LogP contribution in [0.25, 0.3) is 0 Å². The molecular weight excluding hydrogens is 356 g/mol. The molecule has 0 radical (unpaired) electrons. The highest BCUT2D eigenvalue weighted by Crippen LogP contribution is 2.08. The van der Waals surface area contributed by atoms with Crippen LogP contribution >= 0.6 is 15.9 Å². The summed E-state index contributed by atoms with van der Waals surface area (Å²) in [5.41, 5.74) is 2.39. The third-order valence-electron chi connectivity index (χ3n) is 3.76. The predicted octanol–water partition coefficient (Wildman–Crippen LogP) is 2.50. The zero-order chi connectivity index (χ0) is 16.8. The number of aromatic nitrogens is 1. The average molecular weight is 379 g/mol. The molecule has 0 saturated carbocycles. The minimum atomic E-state index is -0.0319. The zero-order valence-corrected chi connectivity index (χ0v) is 15.1. The fourth-order valence-electron chi connectivity index (χ4n) is 2.58. The molecule has 2 unspecified atom stereocenters. The molecule has 2 atom stereocenters. The normalized spacial score (nSPS) is 13.7. The van der Waals surface area contributed by atoms with Crippen molar-refractivity contribution in [1.29, 1.82) is 0 Å². The van der Waals surface area contributed by atoms with Crippen molar-refractivity contribution in [2.75, 3.05) is 6.61 Å². The van der Waals surface area contributed by atoms with E-state index in [0.29, 0.717) is 6.54 Å². The van der Waals surface area contributed by atoms with E-state index in [9.17, 15) is 9.90 Å². The molecule has 0 fully saturated rings. The molecule has 23 heavy (non-hydrogen) atoms. The van der Waals surface area contributed by atoms with Gasteiger partial charge in [-0.2, -0.15) is 0 Å². The number of nitrogens with one attached hydrogen (secondary N) is 1. The number of pyridine rings is 1. The summed E-state index contributed by atoms with van der Waals surface area (Å²) in [5, 5.41) is 13.0. The molecule has 0 aliphatic heterocycles. The molecule has 0 amide bonds. The van der Waals surface area contributed by atoms with Crippen molar-refractivity contribution in [3.8, 4) is 0 Å². The van der Waals surface area contributed by atoms with E-state index in [4.69, 9.17) is 0 Å². The number of benzene rings is 1. The van der Waals surface area contributed by atoms with E-state index in [1.165, 1.54) is 11.1 Å². The van der Waals surface area contributed by atoms with Gasteiger partial charge in [0.15, 0.2) is 0 Å². The van der Waals surface area contributed by atoms with Crippen molar-refractivity contribution in [1.82, 2.24) is 9.88 Å². The highest BCUT2D eigenvalue weighted by Gasteiger charge is 2.13. The first-order valence-corrected chi connectivity index (χ1v) is 8.55. The van der Waals surface area contributed by atoms with Crippen molar-refractivity contribution >= 4 is 15.9 Å². The Kier molecular flexibility index (Phi) is 6.57. The maximum atomic E-state index is 11.9. The Hall–Kier alpha value is -1.43. The standard InChI is InChI=1S/C18H23BrN2O2/c1-13-3-5-15(6-4-13)9-17(12-22)20-14(2)10-21-11-16(19)7-8-18(21)23/h3-8,11,14,17,20,22H,9-10,12H2,1-2H3. The van der Waals surface area contributed by atoms with Crippen LogP contribution in [0.1, 0.15) is 18.1 Å². The predicted molar refractivity (Wildman–Crippen MR) is 96.8 cm³/mol. The lowest BCUT2D eigenvalue weighted by molar-refractivity contribution is 0.228. The number of aryl methyl sites for hydroxylation is 1. The smallest absolute Gasteiger partial charge is 0.250 e. The van der Waals surface area contributed by atoms with Gasteiger partial charge in [-0.15, -0.1) is 0 Å².